The van der Waals surface area contributed by atoms with Crippen LogP contribution in [0.5, 0.6) is 17.2 Å². The van der Waals surface area contributed by atoms with E-state index in [0.29, 0.717) is 31.3 Å². The van der Waals surface area contributed by atoms with Gasteiger partial charge in [-0.25, -0.2) is 0 Å². The van der Waals surface area contributed by atoms with Crippen molar-refractivity contribution in [3.8, 4) is 17.2 Å². The van der Waals surface area contributed by atoms with Gasteiger partial charge in [0.15, 0.2) is 17.6 Å². The summed E-state index contributed by atoms with van der Waals surface area (Å²) in [6.07, 6.45) is -0.583. The lowest BCUT2D eigenvalue weighted by Gasteiger charge is -2.17. The third-order valence-electron chi connectivity index (χ3n) is 4.08. The number of hydrogen-bond acceptors (Lipinski definition) is 4. The summed E-state index contributed by atoms with van der Waals surface area (Å²) in [5.74, 6) is 1.96. The lowest BCUT2D eigenvalue weighted by molar-refractivity contribution is -0.127. The molecule has 2 rings (SSSR count). The van der Waals surface area contributed by atoms with Crippen LogP contribution < -0.4 is 19.5 Å². The Morgan fingerprint density at radius 2 is 1.63 bits per heavy atom. The van der Waals surface area contributed by atoms with E-state index < -0.39 is 6.10 Å². The normalized spacial score (nSPS) is 11.6. The van der Waals surface area contributed by atoms with E-state index in [0.717, 1.165) is 22.4 Å². The minimum absolute atomic E-state index is 0.165. The second-order valence-electron chi connectivity index (χ2n) is 6.39. The summed E-state index contributed by atoms with van der Waals surface area (Å²) in [5, 5.41) is 2.91. The summed E-state index contributed by atoms with van der Waals surface area (Å²) in [5.41, 5.74) is 3.12. The Bertz CT molecular complexity index is 773. The second-order valence-corrected chi connectivity index (χ2v) is 6.39. The Hall–Kier alpha value is -2.69. The van der Waals surface area contributed by atoms with Gasteiger partial charge in [0.2, 0.25) is 0 Å². The first kappa shape index (κ1) is 20.6. The highest BCUT2D eigenvalue weighted by Gasteiger charge is 2.16. The third kappa shape index (κ3) is 5.91. The average molecular weight is 371 g/mol. The zero-order chi connectivity index (χ0) is 19.8. The van der Waals surface area contributed by atoms with E-state index in [1.54, 1.807) is 6.92 Å². The summed E-state index contributed by atoms with van der Waals surface area (Å²) in [6.45, 7) is 11.1. The number of ether oxygens (including phenoxy) is 3. The molecule has 27 heavy (non-hydrogen) atoms. The molecule has 146 valence electrons. The van der Waals surface area contributed by atoms with Crippen LogP contribution >= 0.6 is 0 Å². The molecule has 1 amide bonds. The van der Waals surface area contributed by atoms with Gasteiger partial charge < -0.3 is 19.5 Å². The molecule has 0 spiro atoms. The van der Waals surface area contributed by atoms with E-state index in [9.17, 15) is 4.79 Å². The number of hydrogen-bond donors (Lipinski definition) is 1. The molecular weight excluding hydrogens is 342 g/mol. The maximum atomic E-state index is 12.4. The van der Waals surface area contributed by atoms with Gasteiger partial charge >= 0.3 is 0 Å². The van der Waals surface area contributed by atoms with Crippen molar-refractivity contribution in [3.63, 3.8) is 0 Å². The smallest absolute Gasteiger partial charge is 0.261 e. The molecule has 0 aliphatic heterocycles. The molecule has 1 N–H and O–H groups in total. The summed E-state index contributed by atoms with van der Waals surface area (Å²) < 4.78 is 17.0. The molecule has 0 aliphatic carbocycles. The summed E-state index contributed by atoms with van der Waals surface area (Å²) in [7, 11) is 0. The van der Waals surface area contributed by atoms with Gasteiger partial charge in [-0.3, -0.25) is 4.79 Å². The highest BCUT2D eigenvalue weighted by molar-refractivity contribution is 5.80. The van der Waals surface area contributed by atoms with E-state index in [1.165, 1.54) is 0 Å². The number of aryl methyl sites for hydroxylation is 2. The lowest BCUT2D eigenvalue weighted by Crippen LogP contribution is -2.36. The Kier molecular flexibility index (Phi) is 7.53. The zero-order valence-electron chi connectivity index (χ0n) is 16.8. The standard InChI is InChI=1S/C22H29NO4/c1-6-25-20-11-9-18(13-21(20)26-7-2)14-23-22(24)17(5)27-19-10-8-15(3)12-16(19)4/h8-13,17H,6-7,14H2,1-5H3,(H,23,24). The minimum Gasteiger partial charge on any atom is -0.490 e. The van der Waals surface area contributed by atoms with Crippen molar-refractivity contribution in [2.45, 2.75) is 47.3 Å². The van der Waals surface area contributed by atoms with Crippen molar-refractivity contribution >= 4 is 5.91 Å². The largest absolute Gasteiger partial charge is 0.490 e. The first-order chi connectivity index (χ1) is 12.9. The number of benzene rings is 2. The van der Waals surface area contributed by atoms with Crippen LogP contribution in [0.15, 0.2) is 36.4 Å². The maximum Gasteiger partial charge on any atom is 0.261 e. The molecule has 0 heterocycles. The number of carbonyl (C=O) groups excluding carboxylic acids is 1. The van der Waals surface area contributed by atoms with Crippen molar-refractivity contribution in [2.24, 2.45) is 0 Å². The van der Waals surface area contributed by atoms with E-state index in [4.69, 9.17) is 14.2 Å². The Balaban J connectivity index is 1.96. The van der Waals surface area contributed by atoms with Crippen molar-refractivity contribution in [2.75, 3.05) is 13.2 Å². The second kappa shape index (κ2) is 9.86. The van der Waals surface area contributed by atoms with Crippen LogP contribution in [0.4, 0.5) is 0 Å². The molecule has 0 fully saturated rings. The topological polar surface area (TPSA) is 56.8 Å². The molecule has 5 heteroatoms. The van der Waals surface area contributed by atoms with Gasteiger partial charge in [-0.15, -0.1) is 0 Å². The summed E-state index contributed by atoms with van der Waals surface area (Å²) in [6, 6.07) is 11.6. The molecule has 0 aromatic heterocycles. The molecule has 2 aromatic carbocycles. The van der Waals surface area contributed by atoms with E-state index in [2.05, 4.69) is 5.32 Å². The maximum absolute atomic E-state index is 12.4. The van der Waals surface area contributed by atoms with Crippen molar-refractivity contribution in [1.29, 1.82) is 0 Å². The fourth-order valence-corrected chi connectivity index (χ4v) is 2.71. The first-order valence-corrected chi connectivity index (χ1v) is 9.34. The molecule has 0 saturated heterocycles. The van der Waals surface area contributed by atoms with E-state index in [-0.39, 0.29) is 5.91 Å². The van der Waals surface area contributed by atoms with Crippen LogP contribution in [0.25, 0.3) is 0 Å². The van der Waals surface area contributed by atoms with Gasteiger partial charge in [0.1, 0.15) is 5.75 Å². The van der Waals surface area contributed by atoms with Crippen LogP contribution in [0, 0.1) is 13.8 Å². The monoisotopic (exact) mass is 371 g/mol. The Morgan fingerprint density at radius 1 is 0.963 bits per heavy atom. The predicted octanol–water partition coefficient (Wildman–Crippen LogP) is 4.18. The van der Waals surface area contributed by atoms with Crippen LogP contribution in [0.2, 0.25) is 0 Å². The van der Waals surface area contributed by atoms with Crippen molar-refractivity contribution in [3.05, 3.63) is 53.1 Å². The summed E-state index contributed by atoms with van der Waals surface area (Å²) >= 11 is 0. The van der Waals surface area contributed by atoms with Gasteiger partial charge in [-0.2, -0.15) is 0 Å². The van der Waals surface area contributed by atoms with Crippen molar-refractivity contribution in [1.82, 2.24) is 5.32 Å². The van der Waals surface area contributed by atoms with Crippen LogP contribution in [0.3, 0.4) is 0 Å². The summed E-state index contributed by atoms with van der Waals surface area (Å²) in [4.78, 5) is 12.4. The highest BCUT2D eigenvalue weighted by Crippen LogP contribution is 2.28. The van der Waals surface area contributed by atoms with Crippen LogP contribution in [-0.2, 0) is 11.3 Å². The number of rotatable bonds is 9. The molecule has 2 aromatic rings. The minimum atomic E-state index is -0.583. The molecule has 0 bridgehead atoms. The van der Waals surface area contributed by atoms with E-state index in [1.807, 2.05) is 64.1 Å². The van der Waals surface area contributed by atoms with Gasteiger partial charge in [-0.05, 0) is 63.9 Å². The number of amides is 1. The van der Waals surface area contributed by atoms with Gasteiger partial charge in [0.05, 0.1) is 13.2 Å². The quantitative estimate of drug-likeness (QED) is 0.718. The third-order valence-corrected chi connectivity index (χ3v) is 4.08. The predicted molar refractivity (Wildman–Crippen MR) is 107 cm³/mol. The van der Waals surface area contributed by atoms with Crippen LogP contribution in [-0.4, -0.2) is 25.2 Å². The molecule has 0 saturated carbocycles. The fraction of sp³-hybridized carbons (Fsp3) is 0.409. The van der Waals surface area contributed by atoms with Crippen molar-refractivity contribution < 1.29 is 19.0 Å². The molecule has 1 unspecified atom stereocenters. The Morgan fingerprint density at radius 3 is 2.30 bits per heavy atom. The van der Waals surface area contributed by atoms with Gasteiger partial charge in [-0.1, -0.05) is 23.8 Å². The number of nitrogens with one attached hydrogen (secondary N) is 1. The SMILES string of the molecule is CCOc1ccc(CNC(=O)C(C)Oc2ccc(C)cc2C)cc1OCC. The van der Waals surface area contributed by atoms with Gasteiger partial charge in [0.25, 0.3) is 5.91 Å². The van der Waals surface area contributed by atoms with Gasteiger partial charge in [0, 0.05) is 6.54 Å². The molecular formula is C22H29NO4. The molecule has 0 aliphatic rings. The average Bonchev–Trinajstić information content (AvgIpc) is 2.64. The highest BCUT2D eigenvalue weighted by atomic mass is 16.5. The lowest BCUT2D eigenvalue weighted by atomic mass is 10.1. The molecule has 0 radical (unpaired) electrons. The van der Waals surface area contributed by atoms with E-state index >= 15 is 0 Å². The fourth-order valence-electron chi connectivity index (χ4n) is 2.71. The van der Waals surface area contributed by atoms with Crippen LogP contribution in [0.1, 0.15) is 37.5 Å². The number of carbonyl (C=O) groups is 1. The zero-order valence-corrected chi connectivity index (χ0v) is 16.8. The molecule has 5 nitrogen and oxygen atoms in total. The first-order valence-electron chi connectivity index (χ1n) is 9.34. The Labute approximate surface area is 161 Å². The molecule has 1 atom stereocenters.